The maximum absolute atomic E-state index is 16.1. The summed E-state index contributed by atoms with van der Waals surface area (Å²) in [5.74, 6) is -5.58. The van der Waals surface area contributed by atoms with Crippen LogP contribution in [0.15, 0.2) is 59.5 Å². The van der Waals surface area contributed by atoms with Crippen molar-refractivity contribution in [3.05, 3.63) is 82.2 Å². The third kappa shape index (κ3) is 7.33. The molecule has 2 atom stereocenters. The van der Waals surface area contributed by atoms with Gasteiger partial charge in [-0.05, 0) is 80.8 Å². The zero-order valence-electron chi connectivity index (χ0n) is 31.7. The molecule has 3 fully saturated rings. The Morgan fingerprint density at radius 1 is 1.02 bits per heavy atom. The monoisotopic (exact) mass is 808 g/mol. The number of alkyl halides is 5. The molecule has 58 heavy (non-hydrogen) atoms. The lowest BCUT2D eigenvalue weighted by atomic mass is 9.83. The van der Waals surface area contributed by atoms with Gasteiger partial charge in [0.05, 0.1) is 47.9 Å². The van der Waals surface area contributed by atoms with E-state index in [1.165, 1.54) is 29.4 Å². The van der Waals surface area contributed by atoms with Crippen LogP contribution in [-0.4, -0.2) is 79.2 Å². The second-order valence-corrected chi connectivity index (χ2v) is 15.5. The topological polar surface area (TPSA) is 145 Å². The lowest BCUT2D eigenvalue weighted by Crippen LogP contribution is -2.49. The van der Waals surface area contributed by atoms with Gasteiger partial charge in [-0.1, -0.05) is 18.2 Å². The highest BCUT2D eigenvalue weighted by Crippen LogP contribution is 2.44. The fourth-order valence-corrected chi connectivity index (χ4v) is 8.92. The van der Waals surface area contributed by atoms with Crippen molar-refractivity contribution in [1.82, 2.24) is 34.1 Å². The van der Waals surface area contributed by atoms with Gasteiger partial charge in [-0.15, -0.1) is 0 Å². The van der Waals surface area contributed by atoms with Crippen LogP contribution >= 0.6 is 0 Å². The average molecular weight is 809 g/mol. The number of carbonyl (C=O) groups is 3. The van der Waals surface area contributed by atoms with Crippen molar-refractivity contribution in [1.29, 1.82) is 0 Å². The molecular formula is C40H41F5N8O5. The number of para-hydroxylation sites is 1. The fraction of sp³-hybridized carbons (Fsp3) is 0.450. The number of fused-ring (bicyclic) bond motifs is 2. The van der Waals surface area contributed by atoms with Gasteiger partial charge >= 0.3 is 11.9 Å². The van der Waals surface area contributed by atoms with E-state index in [4.69, 9.17) is 9.84 Å². The minimum absolute atomic E-state index is 0.0498. The number of benzene rings is 2. The molecule has 1 aliphatic carbocycles. The first kappa shape index (κ1) is 39.2. The molecule has 0 radical (unpaired) electrons. The summed E-state index contributed by atoms with van der Waals surface area (Å²) < 4.78 is 81.8. The summed E-state index contributed by atoms with van der Waals surface area (Å²) in [6.07, 6.45) is 0.698. The first-order valence-electron chi connectivity index (χ1n) is 19.2. The predicted octanol–water partition coefficient (Wildman–Crippen LogP) is 6.20. The molecule has 3 amide bonds. The number of nitrogens with zero attached hydrogens (tertiary/aromatic N) is 6. The number of imidazole rings is 1. The van der Waals surface area contributed by atoms with Crippen molar-refractivity contribution >= 4 is 45.3 Å². The standard InChI is InChI=1S/C40H41F5N8O5/c1-50-35-25(5-3-7-30(35)53(38(50)57)31-13-14-34(54)48-37(31)56)26-15-16-51(21-39(26,41)42)19-22-9-11-24(12-10-22)52-20-23-17-29(32(58-2)18-28(23)49-52)47-36(55)27-6-4-8-33(46-27)40(43,44)45/h3-8,17-18,20,22,24,26,31H,9-16,19,21H2,1-2H3,(H,47,55)(H,48,54,56). The van der Waals surface area contributed by atoms with Crippen molar-refractivity contribution in [3.8, 4) is 5.75 Å². The minimum Gasteiger partial charge on any atom is -0.494 e. The molecule has 8 rings (SSSR count). The molecule has 5 aromatic rings. The molecular weight excluding hydrogens is 767 g/mol. The smallest absolute Gasteiger partial charge is 0.433 e. The summed E-state index contributed by atoms with van der Waals surface area (Å²) in [6.45, 7) is 0.546. The fourth-order valence-electron chi connectivity index (χ4n) is 8.92. The Kier molecular flexibility index (Phi) is 10.1. The number of nitrogens with one attached hydrogen (secondary N) is 2. The Balaban J connectivity index is 0.908. The van der Waals surface area contributed by atoms with Crippen molar-refractivity contribution in [2.45, 2.75) is 75.0 Å². The molecule has 0 spiro atoms. The van der Waals surface area contributed by atoms with Crippen LogP contribution in [0.3, 0.4) is 0 Å². The quantitative estimate of drug-likeness (QED) is 0.139. The number of hydrogen-bond acceptors (Lipinski definition) is 8. The van der Waals surface area contributed by atoms with E-state index >= 15 is 8.78 Å². The molecule has 3 aliphatic rings. The number of pyridine rings is 1. The van der Waals surface area contributed by atoms with E-state index in [0.29, 0.717) is 40.6 Å². The third-order valence-corrected chi connectivity index (χ3v) is 11.8. The maximum atomic E-state index is 16.1. The Morgan fingerprint density at radius 3 is 2.48 bits per heavy atom. The molecule has 5 heterocycles. The highest BCUT2D eigenvalue weighted by atomic mass is 19.4. The van der Waals surface area contributed by atoms with E-state index in [-0.39, 0.29) is 42.7 Å². The summed E-state index contributed by atoms with van der Waals surface area (Å²) in [6, 6.07) is 10.4. The SMILES string of the molecule is COc1cc2nn(C3CCC(CN4CCC(c5cccc6c5n(C)c(=O)n6C5CCC(=O)NC5=O)C(F)(F)C4)CC3)cc2cc1NC(=O)c1cccc(C(F)(F)F)n1. The zero-order chi connectivity index (χ0) is 41.1. The van der Waals surface area contributed by atoms with E-state index < -0.39 is 65.4 Å². The lowest BCUT2D eigenvalue weighted by molar-refractivity contribution is -0.141. The zero-order valence-corrected chi connectivity index (χ0v) is 31.7. The van der Waals surface area contributed by atoms with Crippen LogP contribution in [-0.2, 0) is 22.8 Å². The van der Waals surface area contributed by atoms with Crippen LogP contribution in [0.1, 0.15) is 84.7 Å². The number of piperidine rings is 2. The summed E-state index contributed by atoms with van der Waals surface area (Å²) in [5, 5.41) is 10.3. The summed E-state index contributed by atoms with van der Waals surface area (Å²) >= 11 is 0. The van der Waals surface area contributed by atoms with Crippen LogP contribution < -0.4 is 21.1 Å². The number of amides is 3. The molecule has 2 saturated heterocycles. The number of hydrogen-bond donors (Lipinski definition) is 2. The molecule has 2 unspecified atom stereocenters. The van der Waals surface area contributed by atoms with Crippen LogP contribution in [0.25, 0.3) is 21.9 Å². The summed E-state index contributed by atoms with van der Waals surface area (Å²) in [5.41, 5.74) is -0.120. The predicted molar refractivity (Wildman–Crippen MR) is 202 cm³/mol. The number of imide groups is 1. The van der Waals surface area contributed by atoms with Gasteiger partial charge in [-0.3, -0.25) is 38.4 Å². The lowest BCUT2D eigenvalue weighted by Gasteiger charge is -2.41. The number of halogens is 5. The Bertz CT molecular complexity index is 2480. The molecule has 2 aliphatic heterocycles. The Morgan fingerprint density at radius 2 is 1.78 bits per heavy atom. The number of ether oxygens (including phenoxy) is 1. The van der Waals surface area contributed by atoms with Gasteiger partial charge in [0.15, 0.2) is 0 Å². The van der Waals surface area contributed by atoms with Gasteiger partial charge in [0.25, 0.3) is 11.8 Å². The number of aryl methyl sites for hydroxylation is 1. The van der Waals surface area contributed by atoms with Gasteiger partial charge in [0, 0.05) is 37.7 Å². The Hall–Kier alpha value is -5.65. The van der Waals surface area contributed by atoms with Gasteiger partial charge in [-0.2, -0.15) is 18.3 Å². The number of anilines is 1. The molecule has 3 aromatic heterocycles. The molecule has 306 valence electrons. The van der Waals surface area contributed by atoms with Crippen molar-refractivity contribution in [3.63, 3.8) is 0 Å². The van der Waals surface area contributed by atoms with Gasteiger partial charge < -0.3 is 10.1 Å². The number of carbonyl (C=O) groups excluding carboxylic acids is 3. The van der Waals surface area contributed by atoms with Crippen molar-refractivity contribution in [2.75, 3.05) is 32.1 Å². The van der Waals surface area contributed by atoms with E-state index in [1.54, 1.807) is 30.3 Å². The van der Waals surface area contributed by atoms with Crippen LogP contribution in [0.4, 0.5) is 27.6 Å². The molecule has 1 saturated carbocycles. The van der Waals surface area contributed by atoms with Gasteiger partial charge in [0.1, 0.15) is 23.2 Å². The van der Waals surface area contributed by atoms with E-state index in [9.17, 15) is 32.3 Å². The largest absolute Gasteiger partial charge is 0.494 e. The average Bonchev–Trinajstić information content (AvgIpc) is 3.71. The van der Waals surface area contributed by atoms with Crippen LogP contribution in [0, 0.1) is 5.92 Å². The van der Waals surface area contributed by atoms with Crippen molar-refractivity contribution < 1.29 is 41.1 Å². The van der Waals surface area contributed by atoms with E-state index in [2.05, 4.69) is 15.6 Å². The second-order valence-electron chi connectivity index (χ2n) is 15.5. The molecule has 2 aromatic carbocycles. The van der Waals surface area contributed by atoms with Crippen LogP contribution in [0.5, 0.6) is 5.75 Å². The number of aromatic nitrogens is 5. The summed E-state index contributed by atoms with van der Waals surface area (Å²) in [4.78, 5) is 56.0. The van der Waals surface area contributed by atoms with E-state index in [1.807, 2.05) is 15.8 Å². The third-order valence-electron chi connectivity index (χ3n) is 11.8. The van der Waals surface area contributed by atoms with Crippen molar-refractivity contribution in [2.24, 2.45) is 13.0 Å². The highest BCUT2D eigenvalue weighted by Gasteiger charge is 2.47. The maximum Gasteiger partial charge on any atom is 0.433 e. The minimum atomic E-state index is -4.70. The normalized spacial score (nSPS) is 22.9. The number of methoxy groups -OCH3 is 1. The molecule has 13 nitrogen and oxygen atoms in total. The number of rotatable bonds is 8. The molecule has 18 heteroatoms. The highest BCUT2D eigenvalue weighted by molar-refractivity contribution is 6.05. The first-order valence-corrected chi connectivity index (χ1v) is 19.2. The van der Waals surface area contributed by atoms with Crippen LogP contribution in [0.2, 0.25) is 0 Å². The van der Waals surface area contributed by atoms with E-state index in [0.717, 1.165) is 37.8 Å². The van der Waals surface area contributed by atoms with Gasteiger partial charge in [-0.25, -0.2) is 18.6 Å². The Labute approximate surface area is 328 Å². The second kappa shape index (κ2) is 14.9. The molecule has 2 N–H and O–H groups in total. The summed E-state index contributed by atoms with van der Waals surface area (Å²) in [7, 11) is 2.93. The number of likely N-dealkylation sites (tertiary alicyclic amines) is 1. The molecule has 0 bridgehead atoms. The first-order chi connectivity index (χ1) is 27.6. The van der Waals surface area contributed by atoms with Gasteiger partial charge in [0.2, 0.25) is 11.8 Å².